The molecule has 0 rings (SSSR count). The smallest absolute Gasteiger partial charge is 0.407 e. The summed E-state index contributed by atoms with van der Waals surface area (Å²) in [5, 5.41) is 2.45. The van der Waals surface area contributed by atoms with Gasteiger partial charge in [0.1, 0.15) is 0 Å². The molecule has 0 unspecified atom stereocenters. The first kappa shape index (κ1) is 10.9. The van der Waals surface area contributed by atoms with Gasteiger partial charge in [-0.2, -0.15) is 0 Å². The van der Waals surface area contributed by atoms with Crippen LogP contribution in [-0.2, 0) is 9.53 Å². The molecule has 0 radical (unpaired) electrons. The van der Waals surface area contributed by atoms with Gasteiger partial charge in [-0.15, -0.1) is 0 Å². The zero-order valence-corrected chi connectivity index (χ0v) is 7.93. The van der Waals surface area contributed by atoms with E-state index in [0.717, 1.165) is 0 Å². The number of amides is 1. The zero-order valence-electron chi connectivity index (χ0n) is 7.93. The highest BCUT2D eigenvalue weighted by molar-refractivity contribution is 5.90. The average Bonchev–Trinajstić information content (AvgIpc) is 2.02. The molecule has 0 bridgehead atoms. The summed E-state index contributed by atoms with van der Waals surface area (Å²) in [5.74, 6) is -0.0205. The molecule has 1 N–H and O–H groups in total. The predicted molar refractivity (Wildman–Crippen MR) is 44.9 cm³/mol. The maximum Gasteiger partial charge on any atom is 0.407 e. The van der Waals surface area contributed by atoms with Crippen LogP contribution < -0.4 is 5.32 Å². The molecule has 4 nitrogen and oxygen atoms in total. The summed E-state index contributed by atoms with van der Waals surface area (Å²) in [5.41, 5.74) is -0.832. The van der Waals surface area contributed by atoms with Gasteiger partial charge in [0.25, 0.3) is 0 Å². The molecule has 0 atom stereocenters. The van der Waals surface area contributed by atoms with Crippen molar-refractivity contribution in [2.45, 2.75) is 32.7 Å². The number of nitrogens with one attached hydrogen (secondary N) is 1. The van der Waals surface area contributed by atoms with E-state index in [9.17, 15) is 9.59 Å². The van der Waals surface area contributed by atoms with E-state index in [1.54, 1.807) is 20.8 Å². The van der Waals surface area contributed by atoms with Crippen LogP contribution in [0.5, 0.6) is 0 Å². The molecule has 0 aromatic carbocycles. The Balaban J connectivity index is 4.21. The number of ether oxygens (including phenoxy) is 1. The maximum absolute atomic E-state index is 11.2. The number of ketones is 1. The van der Waals surface area contributed by atoms with Crippen molar-refractivity contribution >= 4 is 11.9 Å². The van der Waals surface area contributed by atoms with E-state index in [0.29, 0.717) is 6.42 Å². The van der Waals surface area contributed by atoms with Gasteiger partial charge in [-0.25, -0.2) is 4.79 Å². The van der Waals surface area contributed by atoms with Gasteiger partial charge < -0.3 is 10.1 Å². The third kappa shape index (κ3) is 2.90. The molecule has 1 amide bonds. The Labute approximate surface area is 72.3 Å². The largest absolute Gasteiger partial charge is 0.453 e. The van der Waals surface area contributed by atoms with Gasteiger partial charge in [-0.3, -0.25) is 4.79 Å². The molecule has 0 aromatic rings. The average molecular weight is 173 g/mol. The summed E-state index contributed by atoms with van der Waals surface area (Å²) in [6.07, 6.45) is -0.182. The highest BCUT2D eigenvalue weighted by Gasteiger charge is 2.27. The second-order valence-corrected chi connectivity index (χ2v) is 3.02. The lowest BCUT2D eigenvalue weighted by Crippen LogP contribution is -2.49. The van der Waals surface area contributed by atoms with E-state index >= 15 is 0 Å². The number of hydrogen-bond acceptors (Lipinski definition) is 3. The van der Waals surface area contributed by atoms with E-state index in [2.05, 4.69) is 10.1 Å². The number of rotatable bonds is 3. The van der Waals surface area contributed by atoms with Gasteiger partial charge in [0.2, 0.25) is 0 Å². The molecule has 0 saturated carbocycles. The quantitative estimate of drug-likeness (QED) is 0.695. The van der Waals surface area contributed by atoms with Crippen LogP contribution in [0.25, 0.3) is 0 Å². The lowest BCUT2D eigenvalue weighted by molar-refractivity contribution is -0.123. The minimum Gasteiger partial charge on any atom is -0.453 e. The van der Waals surface area contributed by atoms with Crippen molar-refractivity contribution < 1.29 is 14.3 Å². The third-order valence-electron chi connectivity index (χ3n) is 1.62. The van der Waals surface area contributed by atoms with Gasteiger partial charge >= 0.3 is 6.09 Å². The van der Waals surface area contributed by atoms with Crippen molar-refractivity contribution in [1.82, 2.24) is 5.32 Å². The minimum atomic E-state index is -0.832. The van der Waals surface area contributed by atoms with Crippen LogP contribution in [-0.4, -0.2) is 24.5 Å². The molecule has 12 heavy (non-hydrogen) atoms. The number of alkyl carbamates (subject to hydrolysis) is 1. The fourth-order valence-corrected chi connectivity index (χ4v) is 0.818. The van der Waals surface area contributed by atoms with Crippen LogP contribution in [0, 0.1) is 0 Å². The summed E-state index contributed by atoms with van der Waals surface area (Å²) in [6.45, 7) is 5.05. The van der Waals surface area contributed by atoms with Crippen LogP contribution in [0.3, 0.4) is 0 Å². The summed E-state index contributed by atoms with van der Waals surface area (Å²) in [6, 6.07) is 0. The Morgan fingerprint density at radius 2 is 1.92 bits per heavy atom. The zero-order chi connectivity index (χ0) is 9.78. The Bertz CT molecular complexity index is 187. The summed E-state index contributed by atoms with van der Waals surface area (Å²) in [7, 11) is 1.27. The van der Waals surface area contributed by atoms with E-state index in [1.807, 2.05) is 0 Å². The van der Waals surface area contributed by atoms with Gasteiger partial charge in [-0.05, 0) is 13.8 Å². The van der Waals surface area contributed by atoms with Gasteiger partial charge in [0, 0.05) is 6.42 Å². The van der Waals surface area contributed by atoms with Crippen LogP contribution in [0.4, 0.5) is 4.79 Å². The standard InChI is InChI=1S/C8H15NO3/c1-5-6(10)8(2,3)9-7(11)12-4/h5H2,1-4H3,(H,9,11). The Morgan fingerprint density at radius 3 is 2.25 bits per heavy atom. The molecule has 0 spiro atoms. The highest BCUT2D eigenvalue weighted by Crippen LogP contribution is 2.06. The number of Topliss-reactive ketones (excluding diaryl/α,β-unsaturated/α-hetero) is 1. The van der Waals surface area contributed by atoms with E-state index in [-0.39, 0.29) is 5.78 Å². The van der Waals surface area contributed by atoms with Crippen molar-refractivity contribution in [3.63, 3.8) is 0 Å². The van der Waals surface area contributed by atoms with Crippen LogP contribution >= 0.6 is 0 Å². The lowest BCUT2D eigenvalue weighted by Gasteiger charge is -2.22. The third-order valence-corrected chi connectivity index (χ3v) is 1.62. The molecule has 70 valence electrons. The fraction of sp³-hybridized carbons (Fsp3) is 0.750. The van der Waals surface area contributed by atoms with E-state index < -0.39 is 11.6 Å². The monoisotopic (exact) mass is 173 g/mol. The summed E-state index contributed by atoms with van der Waals surface area (Å²) in [4.78, 5) is 22.0. The van der Waals surface area contributed by atoms with Crippen molar-refractivity contribution in [2.75, 3.05) is 7.11 Å². The van der Waals surface area contributed by atoms with Crippen molar-refractivity contribution in [3.05, 3.63) is 0 Å². The molecular formula is C8H15NO3. The van der Waals surface area contributed by atoms with Gasteiger partial charge in [0.15, 0.2) is 5.78 Å². The van der Waals surface area contributed by atoms with Gasteiger partial charge in [-0.1, -0.05) is 6.92 Å². The molecule has 4 heteroatoms. The topological polar surface area (TPSA) is 55.4 Å². The normalized spacial score (nSPS) is 10.7. The molecular weight excluding hydrogens is 158 g/mol. The predicted octanol–water partition coefficient (Wildman–Crippen LogP) is 1.10. The first-order valence-corrected chi connectivity index (χ1v) is 3.83. The van der Waals surface area contributed by atoms with E-state index in [1.165, 1.54) is 7.11 Å². The fourth-order valence-electron chi connectivity index (χ4n) is 0.818. The summed E-state index contributed by atoms with van der Waals surface area (Å²) >= 11 is 0. The molecule has 0 aromatic heterocycles. The molecule has 0 saturated heterocycles. The Kier molecular flexibility index (Phi) is 3.73. The second kappa shape index (κ2) is 4.09. The minimum absolute atomic E-state index is 0.0205. The molecule has 0 heterocycles. The summed E-state index contributed by atoms with van der Waals surface area (Å²) < 4.78 is 4.38. The Morgan fingerprint density at radius 1 is 1.42 bits per heavy atom. The molecule has 0 aliphatic heterocycles. The van der Waals surface area contributed by atoms with Crippen LogP contribution in [0.2, 0.25) is 0 Å². The lowest BCUT2D eigenvalue weighted by atomic mass is 9.98. The van der Waals surface area contributed by atoms with Gasteiger partial charge in [0.05, 0.1) is 12.6 Å². The molecule has 0 fully saturated rings. The van der Waals surface area contributed by atoms with Crippen LogP contribution in [0.15, 0.2) is 0 Å². The van der Waals surface area contributed by atoms with Crippen molar-refractivity contribution in [3.8, 4) is 0 Å². The maximum atomic E-state index is 11.2. The van der Waals surface area contributed by atoms with Crippen molar-refractivity contribution in [1.29, 1.82) is 0 Å². The molecule has 0 aliphatic carbocycles. The SMILES string of the molecule is CCC(=O)C(C)(C)NC(=O)OC. The Hall–Kier alpha value is -1.06. The highest BCUT2D eigenvalue weighted by atomic mass is 16.5. The number of carbonyl (C=O) groups excluding carboxylic acids is 2. The number of methoxy groups -OCH3 is 1. The van der Waals surface area contributed by atoms with E-state index in [4.69, 9.17) is 0 Å². The first-order valence-electron chi connectivity index (χ1n) is 3.83. The van der Waals surface area contributed by atoms with Crippen LogP contribution in [0.1, 0.15) is 27.2 Å². The first-order chi connectivity index (χ1) is 5.44. The molecule has 0 aliphatic rings. The van der Waals surface area contributed by atoms with Crippen molar-refractivity contribution in [2.24, 2.45) is 0 Å². The number of hydrogen-bond donors (Lipinski definition) is 1. The second-order valence-electron chi connectivity index (χ2n) is 3.02. The number of carbonyl (C=O) groups is 2.